The third kappa shape index (κ3) is 5.38. The molecule has 2 aromatic rings. The van der Waals surface area contributed by atoms with Gasteiger partial charge >= 0.3 is 0 Å². The molecule has 4 rings (SSSR count). The van der Waals surface area contributed by atoms with E-state index < -0.39 is 0 Å². The number of hydrogen-bond donors (Lipinski definition) is 0. The molecule has 0 saturated carbocycles. The fourth-order valence-electron chi connectivity index (χ4n) is 4.24. The number of benzene rings is 2. The highest BCUT2D eigenvalue weighted by Crippen LogP contribution is 2.34. The molecule has 0 bridgehead atoms. The highest BCUT2D eigenvalue weighted by Gasteiger charge is 2.29. The number of piperidine rings is 1. The summed E-state index contributed by atoms with van der Waals surface area (Å²) in [6.45, 7) is 5.33. The molecule has 6 nitrogen and oxygen atoms in total. The Kier molecular flexibility index (Phi) is 7.58. The summed E-state index contributed by atoms with van der Waals surface area (Å²) in [4.78, 5) is 30.8. The van der Waals surface area contributed by atoms with Crippen molar-refractivity contribution in [1.29, 1.82) is 0 Å². The third-order valence-corrected chi connectivity index (χ3v) is 6.85. The lowest BCUT2D eigenvalue weighted by atomic mass is 10.0. The van der Waals surface area contributed by atoms with Crippen LogP contribution in [0.5, 0.6) is 11.5 Å². The van der Waals surface area contributed by atoms with Crippen LogP contribution in [0, 0.1) is 0 Å². The number of thioether (sulfide) groups is 1. The number of rotatable bonds is 7. The molecule has 2 aliphatic rings. The molecule has 0 aliphatic carbocycles. The van der Waals surface area contributed by atoms with Gasteiger partial charge in [0.1, 0.15) is 13.2 Å². The van der Waals surface area contributed by atoms with Gasteiger partial charge < -0.3 is 19.3 Å². The molecular weight excluding hydrogens is 424 g/mol. The van der Waals surface area contributed by atoms with Crippen molar-refractivity contribution >= 4 is 23.6 Å². The fourth-order valence-corrected chi connectivity index (χ4v) is 5.05. The van der Waals surface area contributed by atoms with Crippen LogP contribution < -0.4 is 9.47 Å². The van der Waals surface area contributed by atoms with E-state index in [-0.39, 0.29) is 17.9 Å². The summed E-state index contributed by atoms with van der Waals surface area (Å²) in [6, 6.07) is 15.4. The molecule has 0 atom stereocenters. The number of likely N-dealkylation sites (tertiary alicyclic amines) is 1. The van der Waals surface area contributed by atoms with Crippen molar-refractivity contribution in [2.24, 2.45) is 0 Å². The molecule has 1 saturated heterocycles. The summed E-state index contributed by atoms with van der Waals surface area (Å²) in [6.07, 6.45) is 2.56. The van der Waals surface area contributed by atoms with E-state index in [1.165, 1.54) is 11.8 Å². The molecule has 32 heavy (non-hydrogen) atoms. The molecule has 2 heterocycles. The monoisotopic (exact) mass is 454 g/mol. The molecule has 2 aliphatic heterocycles. The maximum Gasteiger partial charge on any atom is 0.253 e. The number of ether oxygens (including phenoxy) is 2. The number of carbonyl (C=O) groups is 2. The van der Waals surface area contributed by atoms with Gasteiger partial charge in [0, 0.05) is 36.1 Å². The normalized spacial score (nSPS) is 16.0. The summed E-state index contributed by atoms with van der Waals surface area (Å²) < 4.78 is 11.2. The SMILES string of the molecule is CCCN(C(=O)CSc1ccc2c(c1)OCCO2)C1CCN(C(=O)c2ccccc2)CC1. The van der Waals surface area contributed by atoms with Crippen molar-refractivity contribution in [3.63, 3.8) is 0 Å². The van der Waals surface area contributed by atoms with Gasteiger partial charge in [0.2, 0.25) is 5.91 Å². The Morgan fingerprint density at radius 2 is 1.75 bits per heavy atom. The van der Waals surface area contributed by atoms with Crippen molar-refractivity contribution in [2.45, 2.75) is 37.1 Å². The van der Waals surface area contributed by atoms with Gasteiger partial charge in [-0.3, -0.25) is 9.59 Å². The van der Waals surface area contributed by atoms with E-state index in [0.717, 1.165) is 47.8 Å². The zero-order chi connectivity index (χ0) is 22.3. The molecule has 1 fully saturated rings. The van der Waals surface area contributed by atoms with Gasteiger partial charge in [0.15, 0.2) is 11.5 Å². The minimum absolute atomic E-state index is 0.0755. The van der Waals surface area contributed by atoms with Crippen LogP contribution in [0.2, 0.25) is 0 Å². The maximum absolute atomic E-state index is 13.1. The lowest BCUT2D eigenvalue weighted by Gasteiger charge is -2.38. The van der Waals surface area contributed by atoms with Crippen LogP contribution in [0.1, 0.15) is 36.5 Å². The van der Waals surface area contributed by atoms with E-state index in [4.69, 9.17) is 9.47 Å². The number of fused-ring (bicyclic) bond motifs is 1. The van der Waals surface area contributed by atoms with Gasteiger partial charge in [-0.15, -0.1) is 11.8 Å². The lowest BCUT2D eigenvalue weighted by Crippen LogP contribution is -2.49. The van der Waals surface area contributed by atoms with Gasteiger partial charge in [-0.1, -0.05) is 25.1 Å². The van der Waals surface area contributed by atoms with E-state index >= 15 is 0 Å². The van der Waals surface area contributed by atoms with E-state index in [9.17, 15) is 9.59 Å². The zero-order valence-corrected chi connectivity index (χ0v) is 19.3. The number of nitrogens with zero attached hydrogens (tertiary/aromatic N) is 2. The van der Waals surface area contributed by atoms with E-state index in [2.05, 4.69) is 6.92 Å². The fraction of sp³-hybridized carbons (Fsp3) is 0.440. The highest BCUT2D eigenvalue weighted by atomic mass is 32.2. The first kappa shape index (κ1) is 22.5. The lowest BCUT2D eigenvalue weighted by molar-refractivity contribution is -0.131. The van der Waals surface area contributed by atoms with Gasteiger partial charge in [-0.25, -0.2) is 0 Å². The minimum Gasteiger partial charge on any atom is -0.486 e. The predicted molar refractivity (Wildman–Crippen MR) is 126 cm³/mol. The first-order chi connectivity index (χ1) is 15.7. The van der Waals surface area contributed by atoms with Crippen LogP contribution in [0.4, 0.5) is 0 Å². The molecule has 0 aromatic heterocycles. The molecule has 0 unspecified atom stereocenters. The average molecular weight is 455 g/mol. The predicted octanol–water partition coefficient (Wildman–Crippen LogP) is 4.09. The molecule has 170 valence electrons. The first-order valence-electron chi connectivity index (χ1n) is 11.3. The Morgan fingerprint density at radius 1 is 1.03 bits per heavy atom. The average Bonchev–Trinajstić information content (AvgIpc) is 2.86. The van der Waals surface area contributed by atoms with Gasteiger partial charge in [-0.2, -0.15) is 0 Å². The summed E-state index contributed by atoms with van der Waals surface area (Å²) in [5.74, 6) is 2.13. The largest absolute Gasteiger partial charge is 0.486 e. The standard InChI is InChI=1S/C25H30N2O4S/c1-2-12-27(20-10-13-26(14-11-20)25(29)19-6-4-3-5-7-19)24(28)18-32-21-8-9-22-23(17-21)31-16-15-30-22/h3-9,17,20H,2,10-16,18H2,1H3. The minimum atomic E-state index is 0.0755. The van der Waals surface area contributed by atoms with Crippen molar-refractivity contribution in [3.8, 4) is 11.5 Å². The first-order valence-corrected chi connectivity index (χ1v) is 12.3. The molecule has 0 N–H and O–H groups in total. The maximum atomic E-state index is 13.1. The summed E-state index contributed by atoms with van der Waals surface area (Å²) in [5, 5.41) is 0. The second kappa shape index (κ2) is 10.8. The van der Waals surface area contributed by atoms with Crippen molar-refractivity contribution in [3.05, 3.63) is 54.1 Å². The molecule has 2 aromatic carbocycles. The van der Waals surface area contributed by atoms with Crippen LogP contribution in [0.3, 0.4) is 0 Å². The number of hydrogen-bond acceptors (Lipinski definition) is 5. The number of amides is 2. The molecule has 0 spiro atoms. The molecule has 7 heteroatoms. The summed E-state index contributed by atoms with van der Waals surface area (Å²) >= 11 is 1.53. The van der Waals surface area contributed by atoms with Crippen LogP contribution in [0.15, 0.2) is 53.4 Å². The third-order valence-electron chi connectivity index (χ3n) is 5.87. The Labute approximate surface area is 193 Å². The smallest absolute Gasteiger partial charge is 0.253 e. The van der Waals surface area contributed by atoms with Crippen molar-refractivity contribution in [2.75, 3.05) is 38.6 Å². The zero-order valence-electron chi connectivity index (χ0n) is 18.5. The van der Waals surface area contributed by atoms with Crippen molar-refractivity contribution in [1.82, 2.24) is 9.80 Å². The van der Waals surface area contributed by atoms with Gasteiger partial charge in [-0.05, 0) is 49.6 Å². The Bertz CT molecular complexity index is 929. The quantitative estimate of drug-likeness (QED) is 0.590. The van der Waals surface area contributed by atoms with Gasteiger partial charge in [0.25, 0.3) is 5.91 Å². The van der Waals surface area contributed by atoms with Gasteiger partial charge in [0.05, 0.1) is 5.75 Å². The molecular formula is C25H30N2O4S. The summed E-state index contributed by atoms with van der Waals surface area (Å²) in [7, 11) is 0. The van der Waals surface area contributed by atoms with E-state index in [0.29, 0.717) is 32.1 Å². The van der Waals surface area contributed by atoms with E-state index in [1.807, 2.05) is 58.3 Å². The van der Waals surface area contributed by atoms with Crippen LogP contribution in [-0.2, 0) is 4.79 Å². The summed E-state index contributed by atoms with van der Waals surface area (Å²) in [5.41, 5.74) is 0.725. The Morgan fingerprint density at radius 3 is 2.47 bits per heavy atom. The van der Waals surface area contributed by atoms with E-state index in [1.54, 1.807) is 0 Å². The Balaban J connectivity index is 1.32. The Hall–Kier alpha value is -2.67. The topological polar surface area (TPSA) is 59.1 Å². The van der Waals surface area contributed by atoms with Crippen LogP contribution >= 0.6 is 11.8 Å². The second-order valence-electron chi connectivity index (χ2n) is 8.07. The highest BCUT2D eigenvalue weighted by molar-refractivity contribution is 8.00. The van der Waals surface area contributed by atoms with Crippen LogP contribution in [0.25, 0.3) is 0 Å². The van der Waals surface area contributed by atoms with Crippen LogP contribution in [-0.4, -0.2) is 66.3 Å². The molecule has 2 amide bonds. The molecule has 0 radical (unpaired) electrons. The second-order valence-corrected chi connectivity index (χ2v) is 9.12. The number of carbonyl (C=O) groups excluding carboxylic acids is 2. The van der Waals surface area contributed by atoms with Crippen molar-refractivity contribution < 1.29 is 19.1 Å².